The van der Waals surface area contributed by atoms with Crippen molar-refractivity contribution >= 4 is 27.8 Å². The predicted octanol–water partition coefficient (Wildman–Crippen LogP) is 2.12. The Hall–Kier alpha value is -2.66. The zero-order valence-electron chi connectivity index (χ0n) is 13.4. The van der Waals surface area contributed by atoms with Gasteiger partial charge in [0.15, 0.2) is 11.5 Å². The van der Waals surface area contributed by atoms with Gasteiger partial charge in [-0.15, -0.1) is 0 Å². The van der Waals surface area contributed by atoms with Crippen LogP contribution in [-0.4, -0.2) is 35.1 Å². The second-order valence-electron chi connectivity index (χ2n) is 5.66. The molecule has 1 unspecified atom stereocenters. The minimum Gasteiger partial charge on any atom is -0.369 e. The summed E-state index contributed by atoms with van der Waals surface area (Å²) in [5.41, 5.74) is 5.87. The maximum Gasteiger partial charge on any atom is 0.266 e. The van der Waals surface area contributed by atoms with Crippen molar-refractivity contribution in [1.82, 2.24) is 9.47 Å². The summed E-state index contributed by atoms with van der Waals surface area (Å²) in [6, 6.07) is 10.8. The van der Waals surface area contributed by atoms with Crippen LogP contribution in [0, 0.1) is 11.3 Å². The van der Waals surface area contributed by atoms with E-state index in [9.17, 15) is 14.4 Å². The van der Waals surface area contributed by atoms with Crippen LogP contribution in [0.1, 0.15) is 16.8 Å². The molecular formula is C17H15BrFN5O. The van der Waals surface area contributed by atoms with Crippen LogP contribution < -0.4 is 5.73 Å². The number of aryl methyl sites for hydroxylation is 1. The van der Waals surface area contributed by atoms with Crippen molar-refractivity contribution in [2.45, 2.75) is 12.1 Å². The van der Waals surface area contributed by atoms with Crippen LogP contribution in [0.15, 0.2) is 46.0 Å². The molecule has 1 aliphatic rings. The second kappa shape index (κ2) is 6.33. The first-order valence-electron chi connectivity index (χ1n) is 7.50. The van der Waals surface area contributed by atoms with E-state index < -0.39 is 12.2 Å². The van der Waals surface area contributed by atoms with Crippen LogP contribution in [0.2, 0.25) is 0 Å². The number of benzene rings is 1. The van der Waals surface area contributed by atoms with Gasteiger partial charge < -0.3 is 10.3 Å². The second-order valence-corrected chi connectivity index (χ2v) is 6.58. The molecule has 0 saturated carbocycles. The molecule has 0 radical (unpaired) electrons. The van der Waals surface area contributed by atoms with Crippen molar-refractivity contribution < 1.29 is 9.18 Å². The Kier molecular flexibility index (Phi) is 4.35. The molecule has 1 aromatic heterocycles. The number of aromatic nitrogens is 1. The lowest BCUT2D eigenvalue weighted by molar-refractivity contribution is -0.129. The minimum atomic E-state index is -1.39. The van der Waals surface area contributed by atoms with E-state index >= 15 is 0 Å². The van der Waals surface area contributed by atoms with Gasteiger partial charge in [0.2, 0.25) is 0 Å². The fourth-order valence-electron chi connectivity index (χ4n) is 2.97. The Morgan fingerprint density at radius 1 is 1.40 bits per heavy atom. The number of rotatable bonds is 4. The summed E-state index contributed by atoms with van der Waals surface area (Å²) in [5.74, 6) is -0.244. The molecule has 128 valence electrons. The number of nitrogens with two attached hydrogens (primary N) is 1. The molecule has 0 spiro atoms. The fraction of sp³-hybridized carbons (Fsp3) is 0.235. The quantitative estimate of drug-likeness (QED) is 0.847. The average Bonchev–Trinajstić information content (AvgIpc) is 3.10. The van der Waals surface area contributed by atoms with Crippen LogP contribution >= 0.6 is 15.9 Å². The summed E-state index contributed by atoms with van der Waals surface area (Å²) in [4.78, 5) is 18.8. The highest BCUT2D eigenvalue weighted by molar-refractivity contribution is 9.10. The van der Waals surface area contributed by atoms with Crippen molar-refractivity contribution in [2.75, 3.05) is 13.7 Å². The Morgan fingerprint density at radius 3 is 2.72 bits per heavy atom. The number of aliphatic imine (C=N–C) groups is 1. The molecule has 2 aromatic rings. The van der Waals surface area contributed by atoms with Gasteiger partial charge in [0.1, 0.15) is 18.4 Å². The molecule has 1 atom stereocenters. The number of nitriles is 1. The molecule has 3 rings (SSSR count). The van der Waals surface area contributed by atoms with Gasteiger partial charge in [0, 0.05) is 23.3 Å². The van der Waals surface area contributed by atoms with E-state index in [0.717, 1.165) is 4.47 Å². The van der Waals surface area contributed by atoms with Crippen molar-refractivity contribution in [1.29, 1.82) is 5.26 Å². The maximum absolute atomic E-state index is 13.1. The number of carbonyl (C=O) groups is 1. The van der Waals surface area contributed by atoms with Crippen LogP contribution in [0.3, 0.4) is 0 Å². The molecule has 2 heterocycles. The molecule has 6 nitrogen and oxygen atoms in total. The summed E-state index contributed by atoms with van der Waals surface area (Å²) in [6.45, 7) is -0.591. The average molecular weight is 404 g/mol. The normalized spacial score (nSPS) is 19.8. The number of halogens is 2. The first-order chi connectivity index (χ1) is 11.9. The molecule has 1 aliphatic heterocycles. The van der Waals surface area contributed by atoms with Crippen molar-refractivity contribution in [3.05, 3.63) is 57.8 Å². The highest BCUT2D eigenvalue weighted by Crippen LogP contribution is 2.40. The lowest BCUT2D eigenvalue weighted by Crippen LogP contribution is -2.41. The molecule has 0 fully saturated rings. The van der Waals surface area contributed by atoms with Crippen LogP contribution in [-0.2, 0) is 16.9 Å². The highest BCUT2D eigenvalue weighted by atomic mass is 79.9. The highest BCUT2D eigenvalue weighted by Gasteiger charge is 2.50. The maximum atomic E-state index is 13.1. The van der Waals surface area contributed by atoms with Gasteiger partial charge in [-0.1, -0.05) is 28.1 Å². The summed E-state index contributed by atoms with van der Waals surface area (Å²) in [7, 11) is 1.55. The van der Waals surface area contributed by atoms with E-state index in [4.69, 9.17) is 5.73 Å². The van der Waals surface area contributed by atoms with E-state index in [1.165, 1.54) is 9.47 Å². The Bertz CT molecular complexity index is 916. The van der Waals surface area contributed by atoms with Gasteiger partial charge in [0.25, 0.3) is 5.91 Å². The Morgan fingerprint density at radius 2 is 2.16 bits per heavy atom. The van der Waals surface area contributed by atoms with E-state index in [-0.39, 0.29) is 24.1 Å². The van der Waals surface area contributed by atoms with Gasteiger partial charge in [-0.25, -0.2) is 9.38 Å². The standard InChI is InChI=1S/C17H15BrFN5O/c1-23-15(25)17(22-16(23)21,11-3-2-4-13(18)7-11)12-8-14(9-20)24(10-12)6-5-19/h2-4,7-8,10H,5-6H2,1H3,(H2,21,22). The summed E-state index contributed by atoms with van der Waals surface area (Å²) < 4.78 is 15.1. The Balaban J connectivity index is 2.28. The van der Waals surface area contributed by atoms with Gasteiger partial charge in [-0.2, -0.15) is 5.26 Å². The largest absolute Gasteiger partial charge is 0.369 e. The summed E-state index contributed by atoms with van der Waals surface area (Å²) in [5, 5.41) is 9.31. The topological polar surface area (TPSA) is 87.4 Å². The molecule has 0 bridgehead atoms. The number of hydrogen-bond donors (Lipinski definition) is 1. The molecule has 2 N–H and O–H groups in total. The first kappa shape index (κ1) is 17.2. The number of amides is 1. The van der Waals surface area contributed by atoms with Crippen LogP contribution in [0.25, 0.3) is 0 Å². The van der Waals surface area contributed by atoms with Gasteiger partial charge in [-0.05, 0) is 23.8 Å². The van der Waals surface area contributed by atoms with Crippen LogP contribution in [0.5, 0.6) is 0 Å². The smallest absolute Gasteiger partial charge is 0.266 e. The number of alkyl halides is 1. The van der Waals surface area contributed by atoms with Crippen molar-refractivity contribution in [2.24, 2.45) is 10.7 Å². The molecule has 0 aliphatic carbocycles. The molecule has 1 aromatic carbocycles. The number of likely N-dealkylation sites (N-methyl/N-ethyl adjacent to an activating group) is 1. The molecule has 0 saturated heterocycles. The monoisotopic (exact) mass is 403 g/mol. The number of guanidine groups is 1. The van der Waals surface area contributed by atoms with Gasteiger partial charge in [-0.3, -0.25) is 9.69 Å². The first-order valence-corrected chi connectivity index (χ1v) is 8.29. The third kappa shape index (κ3) is 2.61. The molecular weight excluding hydrogens is 389 g/mol. The van der Waals surface area contributed by atoms with Crippen molar-refractivity contribution in [3.63, 3.8) is 0 Å². The zero-order chi connectivity index (χ0) is 18.2. The predicted molar refractivity (Wildman–Crippen MR) is 94.4 cm³/mol. The number of nitrogens with zero attached hydrogens (tertiary/aromatic N) is 4. The lowest BCUT2D eigenvalue weighted by Gasteiger charge is -2.25. The summed E-state index contributed by atoms with van der Waals surface area (Å²) >= 11 is 3.40. The number of hydrogen-bond acceptors (Lipinski definition) is 4. The van der Waals surface area contributed by atoms with E-state index in [2.05, 4.69) is 20.9 Å². The summed E-state index contributed by atoms with van der Waals surface area (Å²) in [6.07, 6.45) is 1.59. The lowest BCUT2D eigenvalue weighted by atomic mass is 9.84. The van der Waals surface area contributed by atoms with E-state index in [1.54, 1.807) is 37.5 Å². The third-order valence-corrected chi connectivity index (χ3v) is 4.73. The third-order valence-electron chi connectivity index (χ3n) is 4.24. The zero-order valence-corrected chi connectivity index (χ0v) is 15.0. The molecule has 25 heavy (non-hydrogen) atoms. The van der Waals surface area contributed by atoms with Gasteiger partial charge in [0.05, 0.1) is 6.54 Å². The Labute approximate surface area is 152 Å². The molecule has 8 heteroatoms. The van der Waals surface area contributed by atoms with Crippen molar-refractivity contribution in [3.8, 4) is 6.07 Å². The van der Waals surface area contributed by atoms with Gasteiger partial charge >= 0.3 is 0 Å². The van der Waals surface area contributed by atoms with E-state index in [0.29, 0.717) is 11.1 Å². The van der Waals surface area contributed by atoms with Crippen LogP contribution in [0.4, 0.5) is 4.39 Å². The minimum absolute atomic E-state index is 0.0285. The fourth-order valence-corrected chi connectivity index (χ4v) is 3.37. The SMILES string of the molecule is CN1C(=O)C(c2cccc(Br)c2)(c2cc(C#N)n(CCF)c2)N=C1N. The number of carbonyl (C=O) groups excluding carboxylic acids is 1. The van der Waals surface area contributed by atoms with E-state index in [1.807, 2.05) is 12.1 Å². The molecule has 1 amide bonds.